The largest absolute Gasteiger partial charge is 0.387 e. The predicted octanol–water partition coefficient (Wildman–Crippen LogP) is 1.88. The molecule has 0 bridgehead atoms. The van der Waals surface area contributed by atoms with Crippen LogP contribution in [0.2, 0.25) is 5.02 Å². The normalized spacial score (nSPS) is 12.4. The molecule has 1 atom stereocenters. The van der Waals surface area contributed by atoms with Gasteiger partial charge in [0, 0.05) is 30.7 Å². The number of guanidine groups is 1. The van der Waals surface area contributed by atoms with Crippen LogP contribution in [-0.2, 0) is 13.6 Å². The van der Waals surface area contributed by atoms with Gasteiger partial charge in [-0.3, -0.25) is 4.68 Å². The van der Waals surface area contributed by atoms with Crippen molar-refractivity contribution in [3.05, 3.63) is 47.0 Å². The number of hydrogen-bond acceptors (Lipinski definition) is 4. The van der Waals surface area contributed by atoms with Gasteiger partial charge in [0.25, 0.3) is 0 Å². The first-order valence-electron chi connectivity index (χ1n) is 7.39. The van der Waals surface area contributed by atoms with Crippen LogP contribution < -0.4 is 10.6 Å². The first kappa shape index (κ1) is 20.7. The van der Waals surface area contributed by atoms with Crippen LogP contribution in [0.3, 0.4) is 0 Å². The van der Waals surface area contributed by atoms with Gasteiger partial charge in [-0.1, -0.05) is 29.8 Å². The van der Waals surface area contributed by atoms with E-state index < -0.39 is 6.10 Å². The average Bonchev–Trinajstić information content (AvgIpc) is 2.95. The minimum atomic E-state index is -0.720. The highest BCUT2D eigenvalue weighted by molar-refractivity contribution is 14.0. The van der Waals surface area contributed by atoms with Gasteiger partial charge >= 0.3 is 0 Å². The maximum absolute atomic E-state index is 10.3. The molecule has 0 saturated carbocycles. The van der Waals surface area contributed by atoms with E-state index in [-0.39, 0.29) is 24.0 Å². The zero-order valence-electron chi connectivity index (χ0n) is 13.6. The summed E-state index contributed by atoms with van der Waals surface area (Å²) in [4.78, 5) is 8.56. The van der Waals surface area contributed by atoms with Gasteiger partial charge in [-0.15, -0.1) is 24.0 Å². The summed E-state index contributed by atoms with van der Waals surface area (Å²) in [5.74, 6) is 1.36. The summed E-state index contributed by atoms with van der Waals surface area (Å²) >= 11 is 6.09. The molecular formula is C15H22ClIN6O. The van der Waals surface area contributed by atoms with Crippen LogP contribution in [0.5, 0.6) is 0 Å². The van der Waals surface area contributed by atoms with Crippen molar-refractivity contribution in [2.24, 2.45) is 12.0 Å². The molecule has 0 spiro atoms. The van der Waals surface area contributed by atoms with Crippen LogP contribution in [0, 0.1) is 0 Å². The highest BCUT2D eigenvalue weighted by Crippen LogP contribution is 2.21. The Morgan fingerprint density at radius 2 is 2.12 bits per heavy atom. The van der Waals surface area contributed by atoms with Gasteiger partial charge in [-0.2, -0.15) is 5.10 Å². The lowest BCUT2D eigenvalue weighted by Gasteiger charge is -2.16. The van der Waals surface area contributed by atoms with Crippen LogP contribution in [0.25, 0.3) is 0 Å². The third-order valence-electron chi connectivity index (χ3n) is 3.26. The molecule has 9 heteroatoms. The second kappa shape index (κ2) is 10.5. The summed E-state index contributed by atoms with van der Waals surface area (Å²) in [6, 6.07) is 7.24. The SMILES string of the molecule is CCNC(=NCc1ncnn1C)NCC(O)c1ccccc1Cl.I. The minimum Gasteiger partial charge on any atom is -0.387 e. The van der Waals surface area contributed by atoms with E-state index in [9.17, 15) is 5.11 Å². The van der Waals surface area contributed by atoms with Crippen LogP contribution in [-0.4, -0.2) is 38.9 Å². The Hall–Kier alpha value is -1.39. The molecule has 24 heavy (non-hydrogen) atoms. The molecule has 1 heterocycles. The van der Waals surface area contributed by atoms with E-state index in [1.54, 1.807) is 16.8 Å². The zero-order valence-corrected chi connectivity index (χ0v) is 16.7. The molecule has 3 N–H and O–H groups in total. The van der Waals surface area contributed by atoms with E-state index in [0.717, 1.165) is 5.82 Å². The van der Waals surface area contributed by atoms with Gasteiger partial charge in [0.05, 0.1) is 6.10 Å². The number of aromatic nitrogens is 3. The molecule has 1 unspecified atom stereocenters. The van der Waals surface area contributed by atoms with E-state index in [2.05, 4.69) is 25.7 Å². The number of aliphatic hydroxyl groups is 1. The highest BCUT2D eigenvalue weighted by Gasteiger charge is 2.11. The van der Waals surface area contributed by atoms with Crippen LogP contribution >= 0.6 is 35.6 Å². The number of aliphatic hydroxyl groups excluding tert-OH is 1. The lowest BCUT2D eigenvalue weighted by molar-refractivity contribution is 0.181. The summed E-state index contributed by atoms with van der Waals surface area (Å²) in [6.07, 6.45) is 0.772. The van der Waals surface area contributed by atoms with Crippen LogP contribution in [0.15, 0.2) is 35.6 Å². The van der Waals surface area contributed by atoms with Crippen molar-refractivity contribution < 1.29 is 5.11 Å². The van der Waals surface area contributed by atoms with E-state index in [0.29, 0.717) is 36.2 Å². The number of aliphatic imine (C=N–C) groups is 1. The third-order valence-corrected chi connectivity index (χ3v) is 3.60. The molecule has 0 aliphatic heterocycles. The van der Waals surface area contributed by atoms with Crippen molar-refractivity contribution in [1.29, 1.82) is 0 Å². The molecule has 0 aliphatic rings. The Morgan fingerprint density at radius 1 is 1.38 bits per heavy atom. The van der Waals surface area contributed by atoms with Gasteiger partial charge in [0.15, 0.2) is 5.96 Å². The summed E-state index contributed by atoms with van der Waals surface area (Å²) < 4.78 is 1.67. The first-order chi connectivity index (χ1) is 11.1. The van der Waals surface area contributed by atoms with Crippen molar-refractivity contribution in [3.63, 3.8) is 0 Å². The maximum Gasteiger partial charge on any atom is 0.191 e. The number of aryl methyl sites for hydroxylation is 1. The lowest BCUT2D eigenvalue weighted by atomic mass is 10.1. The molecule has 0 amide bonds. The summed E-state index contributed by atoms with van der Waals surface area (Å²) in [5, 5.41) is 21.0. The molecule has 0 saturated heterocycles. The van der Waals surface area contributed by atoms with Gasteiger partial charge in [0.1, 0.15) is 18.7 Å². The van der Waals surface area contributed by atoms with Gasteiger partial charge < -0.3 is 15.7 Å². The molecule has 2 aromatic rings. The quantitative estimate of drug-likeness (QED) is 0.345. The number of rotatable bonds is 6. The number of nitrogens with one attached hydrogen (secondary N) is 2. The van der Waals surface area contributed by atoms with E-state index in [1.807, 2.05) is 26.1 Å². The standard InChI is InChI=1S/C15H21ClN6O.HI/c1-3-17-15(19-9-14-20-10-21-22(14)2)18-8-13(23)11-6-4-5-7-12(11)16;/h4-7,10,13,23H,3,8-9H2,1-2H3,(H2,17,18,19);1H. The van der Waals surface area contributed by atoms with Crippen molar-refractivity contribution >= 4 is 41.5 Å². The lowest BCUT2D eigenvalue weighted by Crippen LogP contribution is -2.39. The average molecular weight is 465 g/mol. The van der Waals surface area contributed by atoms with Crippen LogP contribution in [0.4, 0.5) is 0 Å². The zero-order chi connectivity index (χ0) is 16.7. The summed E-state index contributed by atoms with van der Waals surface area (Å²) in [7, 11) is 1.82. The van der Waals surface area contributed by atoms with Gasteiger partial charge in [-0.25, -0.2) is 9.98 Å². The Bertz CT molecular complexity index is 663. The molecule has 1 aromatic heterocycles. The molecule has 132 valence electrons. The second-order valence-electron chi connectivity index (χ2n) is 4.91. The molecule has 0 aliphatic carbocycles. The maximum atomic E-state index is 10.3. The Kier molecular flexibility index (Phi) is 9.01. The minimum absolute atomic E-state index is 0. The molecule has 0 fully saturated rings. The van der Waals surface area contributed by atoms with Crippen molar-refractivity contribution in [1.82, 2.24) is 25.4 Å². The van der Waals surface area contributed by atoms with E-state index >= 15 is 0 Å². The van der Waals surface area contributed by atoms with Crippen molar-refractivity contribution in [2.45, 2.75) is 19.6 Å². The summed E-state index contributed by atoms with van der Waals surface area (Å²) in [6.45, 7) is 3.39. The monoisotopic (exact) mass is 464 g/mol. The van der Waals surface area contributed by atoms with Crippen LogP contribution in [0.1, 0.15) is 24.4 Å². The fourth-order valence-corrected chi connectivity index (χ4v) is 2.27. The molecule has 2 rings (SSSR count). The van der Waals surface area contributed by atoms with Crippen molar-refractivity contribution in [2.75, 3.05) is 13.1 Å². The molecule has 1 aromatic carbocycles. The number of hydrogen-bond donors (Lipinski definition) is 3. The Morgan fingerprint density at radius 3 is 2.75 bits per heavy atom. The predicted molar refractivity (Wildman–Crippen MR) is 106 cm³/mol. The number of halogens is 2. The number of nitrogens with zero attached hydrogens (tertiary/aromatic N) is 4. The van der Waals surface area contributed by atoms with E-state index in [4.69, 9.17) is 11.6 Å². The fourth-order valence-electron chi connectivity index (χ4n) is 2.00. The van der Waals surface area contributed by atoms with Gasteiger partial charge in [-0.05, 0) is 13.0 Å². The smallest absolute Gasteiger partial charge is 0.191 e. The van der Waals surface area contributed by atoms with Crippen molar-refractivity contribution in [3.8, 4) is 0 Å². The summed E-state index contributed by atoms with van der Waals surface area (Å²) in [5.41, 5.74) is 0.686. The highest BCUT2D eigenvalue weighted by atomic mass is 127. The third kappa shape index (κ3) is 5.91. The Labute approximate surface area is 163 Å². The first-order valence-corrected chi connectivity index (χ1v) is 7.77. The Balaban J connectivity index is 0.00000288. The topological polar surface area (TPSA) is 87.4 Å². The second-order valence-corrected chi connectivity index (χ2v) is 5.32. The molecular weight excluding hydrogens is 443 g/mol. The van der Waals surface area contributed by atoms with E-state index in [1.165, 1.54) is 6.33 Å². The molecule has 7 nitrogen and oxygen atoms in total. The fraction of sp³-hybridized carbons (Fsp3) is 0.400. The number of benzene rings is 1. The molecule has 0 radical (unpaired) electrons. The van der Waals surface area contributed by atoms with Gasteiger partial charge in [0.2, 0.25) is 0 Å².